The Morgan fingerprint density at radius 1 is 1.11 bits per heavy atom. The Bertz CT molecular complexity index is 896. The van der Waals surface area contributed by atoms with Crippen molar-refractivity contribution in [2.24, 2.45) is 0 Å². The van der Waals surface area contributed by atoms with Gasteiger partial charge in [-0.05, 0) is 48.2 Å². The monoisotopic (exact) mass is 402 g/mol. The zero-order valence-corrected chi connectivity index (χ0v) is 16.8. The van der Waals surface area contributed by atoms with Crippen molar-refractivity contribution < 1.29 is 19.1 Å². The number of benzene rings is 2. The van der Waals surface area contributed by atoms with Crippen molar-refractivity contribution in [1.29, 1.82) is 0 Å². The van der Waals surface area contributed by atoms with E-state index in [4.69, 9.17) is 21.1 Å². The molecule has 0 spiro atoms. The second-order valence-electron chi connectivity index (χ2n) is 6.73. The fourth-order valence-corrected chi connectivity index (χ4v) is 3.53. The van der Waals surface area contributed by atoms with Gasteiger partial charge in [-0.25, -0.2) is 0 Å². The number of hydrogen-bond acceptors (Lipinski definition) is 4. The van der Waals surface area contributed by atoms with Crippen molar-refractivity contribution in [3.63, 3.8) is 0 Å². The molecule has 2 amide bonds. The summed E-state index contributed by atoms with van der Waals surface area (Å²) < 4.78 is 10.4. The van der Waals surface area contributed by atoms with Crippen LogP contribution in [-0.2, 0) is 15.0 Å². The molecule has 1 fully saturated rings. The first kappa shape index (κ1) is 20.0. The van der Waals surface area contributed by atoms with Crippen LogP contribution < -0.4 is 20.1 Å². The predicted octanol–water partition coefficient (Wildman–Crippen LogP) is 2.99. The highest BCUT2D eigenvalue weighted by molar-refractivity contribution is 6.32. The Hall–Kier alpha value is -2.73. The molecular weight excluding hydrogens is 380 g/mol. The molecular formula is C21H23ClN2O4. The summed E-state index contributed by atoms with van der Waals surface area (Å²) in [6.07, 6.45) is 1.39. The molecule has 1 saturated carbocycles. The van der Waals surface area contributed by atoms with E-state index in [0.29, 0.717) is 34.9 Å². The lowest BCUT2D eigenvalue weighted by molar-refractivity contribution is -0.130. The summed E-state index contributed by atoms with van der Waals surface area (Å²) in [6, 6.07) is 11.6. The lowest BCUT2D eigenvalue weighted by Gasteiger charge is -2.23. The van der Waals surface area contributed by atoms with E-state index in [1.54, 1.807) is 50.6 Å². The van der Waals surface area contributed by atoms with Gasteiger partial charge in [-0.15, -0.1) is 0 Å². The number of nitrogens with one attached hydrogen (secondary N) is 2. The van der Waals surface area contributed by atoms with E-state index in [9.17, 15) is 9.59 Å². The summed E-state index contributed by atoms with van der Waals surface area (Å²) in [5.41, 5.74) is 0.786. The smallest absolute Gasteiger partial charge is 0.246 e. The molecule has 0 aromatic heterocycles. The van der Waals surface area contributed by atoms with Gasteiger partial charge in [-0.1, -0.05) is 29.8 Å². The Morgan fingerprint density at radius 2 is 1.86 bits per heavy atom. The number of halogens is 1. The van der Waals surface area contributed by atoms with E-state index in [-0.39, 0.29) is 11.8 Å². The maximum Gasteiger partial charge on any atom is 0.246 e. The number of likely N-dealkylation sites (N-methyl/N-ethyl adjacent to an activating group) is 1. The number of methoxy groups -OCH3 is 2. The van der Waals surface area contributed by atoms with Crippen molar-refractivity contribution >= 4 is 23.4 Å². The van der Waals surface area contributed by atoms with E-state index >= 15 is 0 Å². The molecule has 0 radical (unpaired) electrons. The molecule has 2 aromatic carbocycles. The molecule has 1 aliphatic carbocycles. The maximum atomic E-state index is 13.2. The van der Waals surface area contributed by atoms with E-state index in [1.807, 2.05) is 6.07 Å². The Morgan fingerprint density at radius 3 is 2.43 bits per heavy atom. The molecule has 7 heteroatoms. The van der Waals surface area contributed by atoms with Gasteiger partial charge in [0.05, 0.1) is 24.7 Å². The predicted molar refractivity (Wildman–Crippen MR) is 107 cm³/mol. The minimum Gasteiger partial charge on any atom is -0.497 e. The van der Waals surface area contributed by atoms with Crippen molar-refractivity contribution in [2.75, 3.05) is 21.3 Å². The minimum absolute atomic E-state index is 0.204. The maximum absolute atomic E-state index is 13.2. The third kappa shape index (κ3) is 3.78. The molecule has 148 valence electrons. The molecule has 0 aliphatic heterocycles. The molecule has 2 aromatic rings. The van der Waals surface area contributed by atoms with Crippen LogP contribution in [0.4, 0.5) is 0 Å². The van der Waals surface area contributed by atoms with Crippen molar-refractivity contribution in [2.45, 2.75) is 24.3 Å². The molecule has 28 heavy (non-hydrogen) atoms. The summed E-state index contributed by atoms with van der Waals surface area (Å²) in [4.78, 5) is 25.6. The molecule has 1 atom stereocenters. The zero-order chi connectivity index (χ0) is 20.3. The van der Waals surface area contributed by atoms with Crippen LogP contribution in [0.3, 0.4) is 0 Å². The molecule has 6 nitrogen and oxygen atoms in total. The first-order chi connectivity index (χ1) is 13.4. The van der Waals surface area contributed by atoms with Gasteiger partial charge in [-0.3, -0.25) is 9.59 Å². The molecule has 0 bridgehead atoms. The topological polar surface area (TPSA) is 76.7 Å². The van der Waals surface area contributed by atoms with Crippen molar-refractivity contribution in [1.82, 2.24) is 10.6 Å². The fraction of sp³-hybridized carbons (Fsp3) is 0.333. The first-order valence-electron chi connectivity index (χ1n) is 8.95. The zero-order valence-electron chi connectivity index (χ0n) is 16.0. The summed E-state index contributed by atoms with van der Waals surface area (Å²) in [5, 5.41) is 5.97. The van der Waals surface area contributed by atoms with Gasteiger partial charge in [0.25, 0.3) is 0 Å². The van der Waals surface area contributed by atoms with Crippen molar-refractivity contribution in [3.8, 4) is 11.5 Å². The van der Waals surface area contributed by atoms with E-state index in [0.717, 1.165) is 5.56 Å². The summed E-state index contributed by atoms with van der Waals surface area (Å²) in [5.74, 6) is 0.667. The molecule has 2 N–H and O–H groups in total. The van der Waals surface area contributed by atoms with Gasteiger partial charge in [0, 0.05) is 7.05 Å². The van der Waals surface area contributed by atoms with Crippen LogP contribution in [0.15, 0.2) is 42.5 Å². The summed E-state index contributed by atoms with van der Waals surface area (Å²) >= 11 is 6.24. The van der Waals surface area contributed by atoms with Gasteiger partial charge >= 0.3 is 0 Å². The molecule has 0 heterocycles. The van der Waals surface area contributed by atoms with Crippen LogP contribution in [-0.4, -0.2) is 33.1 Å². The van der Waals surface area contributed by atoms with Gasteiger partial charge in [0.1, 0.15) is 17.5 Å². The second-order valence-corrected chi connectivity index (χ2v) is 7.14. The Kier molecular flexibility index (Phi) is 5.79. The third-order valence-electron chi connectivity index (χ3n) is 5.10. The summed E-state index contributed by atoms with van der Waals surface area (Å²) in [6.45, 7) is 0. The van der Waals surface area contributed by atoms with Crippen LogP contribution in [0.2, 0.25) is 5.02 Å². The molecule has 1 aliphatic rings. The van der Waals surface area contributed by atoms with Crippen molar-refractivity contribution in [3.05, 3.63) is 58.6 Å². The van der Waals surface area contributed by atoms with Crippen LogP contribution in [0, 0.1) is 0 Å². The first-order valence-corrected chi connectivity index (χ1v) is 9.33. The van der Waals surface area contributed by atoms with Gasteiger partial charge in [0.2, 0.25) is 11.8 Å². The Balaban J connectivity index is 1.87. The lowest BCUT2D eigenvalue weighted by atomic mass is 9.93. The van der Waals surface area contributed by atoms with Crippen LogP contribution >= 0.6 is 11.6 Å². The van der Waals surface area contributed by atoms with Crippen LogP contribution in [0.1, 0.15) is 30.0 Å². The van der Waals surface area contributed by atoms with E-state index in [1.165, 1.54) is 7.05 Å². The van der Waals surface area contributed by atoms with Gasteiger partial charge in [-0.2, -0.15) is 0 Å². The van der Waals surface area contributed by atoms with E-state index in [2.05, 4.69) is 10.6 Å². The molecule has 1 unspecified atom stereocenters. The average Bonchev–Trinajstić information content (AvgIpc) is 3.53. The SMILES string of the molecule is CNC(=O)C(NC(=O)C1(c2ccc(OC)c(Cl)c2)CC1)c1cccc(OC)c1. The standard InChI is InChI=1S/C21H23ClN2O4/c1-23-19(25)18(13-5-4-6-15(11-13)27-2)24-20(26)21(9-10-21)14-7-8-17(28-3)16(22)12-14/h4-8,11-12,18H,9-10H2,1-3H3,(H,23,25)(H,24,26). The van der Waals surface area contributed by atoms with Crippen LogP contribution in [0.25, 0.3) is 0 Å². The highest BCUT2D eigenvalue weighted by atomic mass is 35.5. The normalized spacial score (nSPS) is 15.3. The number of hydrogen-bond donors (Lipinski definition) is 2. The fourth-order valence-electron chi connectivity index (χ4n) is 3.27. The Labute approximate surface area is 169 Å². The summed E-state index contributed by atoms with van der Waals surface area (Å²) in [7, 11) is 4.64. The molecule has 0 saturated heterocycles. The number of ether oxygens (including phenoxy) is 2. The largest absolute Gasteiger partial charge is 0.497 e. The quantitative estimate of drug-likeness (QED) is 0.746. The highest BCUT2D eigenvalue weighted by Crippen LogP contribution is 2.50. The highest BCUT2D eigenvalue weighted by Gasteiger charge is 2.52. The lowest BCUT2D eigenvalue weighted by Crippen LogP contribution is -2.43. The molecule has 3 rings (SSSR count). The number of rotatable bonds is 7. The third-order valence-corrected chi connectivity index (χ3v) is 5.40. The average molecular weight is 403 g/mol. The van der Waals surface area contributed by atoms with E-state index < -0.39 is 11.5 Å². The van der Waals surface area contributed by atoms with Gasteiger partial charge in [0.15, 0.2) is 0 Å². The number of carbonyl (C=O) groups is 2. The number of carbonyl (C=O) groups excluding carboxylic acids is 2. The van der Waals surface area contributed by atoms with Gasteiger partial charge < -0.3 is 20.1 Å². The number of amides is 2. The minimum atomic E-state index is -0.821. The van der Waals surface area contributed by atoms with Crippen LogP contribution in [0.5, 0.6) is 11.5 Å². The second kappa shape index (κ2) is 8.10.